The zero-order valence-corrected chi connectivity index (χ0v) is 21.6. The predicted molar refractivity (Wildman–Crippen MR) is 138 cm³/mol. The lowest BCUT2D eigenvalue weighted by Crippen LogP contribution is -2.40. The molecule has 9 heteroatoms. The van der Waals surface area contributed by atoms with E-state index in [2.05, 4.69) is 9.89 Å². The summed E-state index contributed by atoms with van der Waals surface area (Å²) < 4.78 is 18.9. The molecule has 0 aliphatic carbocycles. The first-order valence-corrected chi connectivity index (χ1v) is 12.9. The first-order valence-electron chi connectivity index (χ1n) is 12.1. The number of thiazole rings is 1. The number of nitrogens with zero attached hydrogens (tertiary/aromatic N) is 3. The summed E-state index contributed by atoms with van der Waals surface area (Å²) in [6.45, 7) is 7.33. The van der Waals surface area contributed by atoms with Gasteiger partial charge >= 0.3 is 5.97 Å². The van der Waals surface area contributed by atoms with Crippen LogP contribution in [0.15, 0.2) is 61.9 Å². The number of hydrogen-bond acceptors (Lipinski definition) is 8. The zero-order chi connectivity index (χ0) is 25.4. The minimum atomic E-state index is -0.669. The molecule has 2 aliphatic rings. The molecule has 0 radical (unpaired) electrons. The predicted octanol–water partition coefficient (Wildman–Crippen LogP) is 3.39. The van der Waals surface area contributed by atoms with Crippen LogP contribution in [0, 0.1) is 0 Å². The van der Waals surface area contributed by atoms with Gasteiger partial charge in [0.25, 0.3) is 5.56 Å². The average molecular weight is 508 g/mol. The van der Waals surface area contributed by atoms with Gasteiger partial charge in [-0.1, -0.05) is 23.5 Å². The van der Waals surface area contributed by atoms with E-state index in [1.807, 2.05) is 36.4 Å². The van der Waals surface area contributed by atoms with E-state index in [9.17, 15) is 9.59 Å². The van der Waals surface area contributed by atoms with Crippen LogP contribution in [0.4, 0.5) is 5.88 Å². The van der Waals surface area contributed by atoms with E-state index >= 15 is 0 Å². The molecule has 1 fully saturated rings. The van der Waals surface area contributed by atoms with Gasteiger partial charge in [0.2, 0.25) is 0 Å². The van der Waals surface area contributed by atoms with Gasteiger partial charge in [-0.15, -0.1) is 0 Å². The second kappa shape index (κ2) is 9.81. The second-order valence-electron chi connectivity index (χ2n) is 9.18. The lowest BCUT2D eigenvalue weighted by molar-refractivity contribution is -0.143. The number of anilines is 1. The fourth-order valence-corrected chi connectivity index (χ4v) is 5.64. The molecule has 0 amide bonds. The van der Waals surface area contributed by atoms with Crippen LogP contribution in [-0.2, 0) is 9.53 Å². The Morgan fingerprint density at radius 1 is 1.17 bits per heavy atom. The van der Waals surface area contributed by atoms with Gasteiger partial charge in [0.15, 0.2) is 10.7 Å². The van der Waals surface area contributed by atoms with Gasteiger partial charge in [0.05, 0.1) is 35.1 Å². The van der Waals surface area contributed by atoms with Crippen molar-refractivity contribution in [3.05, 3.63) is 78.7 Å². The molecule has 0 N–H and O–H groups in total. The SMILES string of the molecule is COc1ccc([C@H]2C(C(=O)OC(C)C)=C(C)N=c3s/c(=C/c4ccc(N5CCCC5)o4)c(=O)n32)cc1. The highest BCUT2D eigenvalue weighted by molar-refractivity contribution is 7.07. The fourth-order valence-electron chi connectivity index (χ4n) is 4.62. The summed E-state index contributed by atoms with van der Waals surface area (Å²) >= 11 is 1.28. The van der Waals surface area contributed by atoms with Crippen LogP contribution in [0.3, 0.4) is 0 Å². The molecule has 5 rings (SSSR count). The van der Waals surface area contributed by atoms with Crippen molar-refractivity contribution < 1.29 is 18.7 Å². The van der Waals surface area contributed by atoms with Crippen LogP contribution >= 0.6 is 11.3 Å². The Balaban J connectivity index is 1.62. The maximum atomic E-state index is 13.7. The third-order valence-electron chi connectivity index (χ3n) is 6.32. The van der Waals surface area contributed by atoms with Gasteiger partial charge in [-0.25, -0.2) is 9.79 Å². The van der Waals surface area contributed by atoms with Crippen molar-refractivity contribution in [3.63, 3.8) is 0 Å². The van der Waals surface area contributed by atoms with Gasteiger partial charge in [-0.2, -0.15) is 0 Å². The second-order valence-corrected chi connectivity index (χ2v) is 10.2. The molecule has 2 aromatic heterocycles. The van der Waals surface area contributed by atoms with Crippen molar-refractivity contribution in [2.45, 2.75) is 45.8 Å². The van der Waals surface area contributed by atoms with Crippen molar-refractivity contribution in [3.8, 4) is 5.75 Å². The summed E-state index contributed by atoms with van der Waals surface area (Å²) in [5.41, 5.74) is 1.41. The summed E-state index contributed by atoms with van der Waals surface area (Å²) in [5.74, 6) is 1.63. The number of benzene rings is 1. The van der Waals surface area contributed by atoms with E-state index in [0.717, 1.165) is 37.4 Å². The Labute approximate surface area is 212 Å². The molecule has 8 nitrogen and oxygen atoms in total. The van der Waals surface area contributed by atoms with E-state index in [1.165, 1.54) is 11.3 Å². The fraction of sp³-hybridized carbons (Fsp3) is 0.370. The van der Waals surface area contributed by atoms with Crippen LogP contribution in [0.2, 0.25) is 0 Å². The Kier molecular flexibility index (Phi) is 6.57. The summed E-state index contributed by atoms with van der Waals surface area (Å²) in [6, 6.07) is 10.5. The molecule has 4 heterocycles. The maximum absolute atomic E-state index is 13.7. The Hall–Kier alpha value is -3.59. The van der Waals surface area contributed by atoms with E-state index in [1.54, 1.807) is 38.5 Å². The molecule has 2 aliphatic heterocycles. The highest BCUT2D eigenvalue weighted by atomic mass is 32.1. The largest absolute Gasteiger partial charge is 0.497 e. The normalized spacial score (nSPS) is 18.0. The number of methoxy groups -OCH3 is 1. The summed E-state index contributed by atoms with van der Waals surface area (Å²) in [4.78, 5) is 34.2. The number of esters is 1. The number of carbonyl (C=O) groups excluding carboxylic acids is 1. The molecular weight excluding hydrogens is 478 g/mol. The van der Waals surface area contributed by atoms with Gasteiger partial charge in [-0.3, -0.25) is 9.36 Å². The molecule has 0 spiro atoms. The number of fused-ring (bicyclic) bond motifs is 1. The van der Waals surface area contributed by atoms with Crippen LogP contribution in [0.5, 0.6) is 5.75 Å². The number of ether oxygens (including phenoxy) is 2. The lowest BCUT2D eigenvalue weighted by Gasteiger charge is -2.25. The number of allylic oxidation sites excluding steroid dienone is 1. The van der Waals surface area contributed by atoms with E-state index in [-0.39, 0.29) is 11.7 Å². The van der Waals surface area contributed by atoms with E-state index in [4.69, 9.17) is 13.9 Å². The molecule has 0 unspecified atom stereocenters. The standard InChI is InChI=1S/C27H29N3O5S/c1-16(2)34-26(32)23-17(3)28-27-30(24(23)18-7-9-19(33-4)10-8-18)25(31)21(36-27)15-20-11-12-22(35-20)29-13-5-6-14-29/h7-12,15-16,24H,5-6,13-14H2,1-4H3/b21-15+/t24-/m0/s1. The molecule has 1 saturated heterocycles. The summed E-state index contributed by atoms with van der Waals surface area (Å²) in [5, 5.41) is 0. The Bertz CT molecular complexity index is 1490. The highest BCUT2D eigenvalue weighted by Crippen LogP contribution is 2.32. The number of carbonyl (C=O) groups is 1. The smallest absolute Gasteiger partial charge is 0.338 e. The molecule has 0 bridgehead atoms. The number of furan rings is 1. The number of rotatable bonds is 6. The molecule has 1 atom stereocenters. The summed E-state index contributed by atoms with van der Waals surface area (Å²) in [6.07, 6.45) is 3.75. The third-order valence-corrected chi connectivity index (χ3v) is 7.30. The van der Waals surface area contributed by atoms with Crippen molar-refractivity contribution in [2.75, 3.05) is 25.1 Å². The first kappa shape index (κ1) is 24.1. The molecule has 0 saturated carbocycles. The van der Waals surface area contributed by atoms with Crippen molar-refractivity contribution in [1.82, 2.24) is 4.57 Å². The van der Waals surface area contributed by atoms with E-state index < -0.39 is 12.0 Å². The van der Waals surface area contributed by atoms with E-state index in [0.29, 0.717) is 32.1 Å². The minimum absolute atomic E-state index is 0.235. The Morgan fingerprint density at radius 2 is 1.89 bits per heavy atom. The van der Waals surface area contributed by atoms with Crippen LogP contribution in [0.1, 0.15) is 51.0 Å². The molecule has 36 heavy (non-hydrogen) atoms. The summed E-state index contributed by atoms with van der Waals surface area (Å²) in [7, 11) is 1.59. The third kappa shape index (κ3) is 4.51. The number of aromatic nitrogens is 1. The van der Waals surface area contributed by atoms with Crippen molar-refractivity contribution in [1.29, 1.82) is 0 Å². The van der Waals surface area contributed by atoms with Crippen molar-refractivity contribution >= 4 is 29.3 Å². The van der Waals surface area contributed by atoms with Gasteiger partial charge < -0.3 is 18.8 Å². The quantitative estimate of drug-likeness (QED) is 0.476. The molecule has 188 valence electrons. The molecule has 1 aromatic carbocycles. The zero-order valence-electron chi connectivity index (χ0n) is 20.8. The lowest BCUT2D eigenvalue weighted by atomic mass is 9.96. The topological polar surface area (TPSA) is 86.3 Å². The molecule has 3 aromatic rings. The van der Waals surface area contributed by atoms with Crippen LogP contribution in [0.25, 0.3) is 6.08 Å². The maximum Gasteiger partial charge on any atom is 0.338 e. The van der Waals surface area contributed by atoms with Crippen LogP contribution in [-0.4, -0.2) is 36.8 Å². The molecular formula is C27H29N3O5S. The van der Waals surface area contributed by atoms with Gasteiger partial charge in [-0.05, 0) is 57.4 Å². The average Bonchev–Trinajstić information content (AvgIpc) is 3.59. The minimum Gasteiger partial charge on any atom is -0.497 e. The first-order chi connectivity index (χ1) is 17.4. The Morgan fingerprint density at radius 3 is 2.56 bits per heavy atom. The van der Waals surface area contributed by atoms with Gasteiger partial charge in [0, 0.05) is 25.2 Å². The highest BCUT2D eigenvalue weighted by Gasteiger charge is 2.33. The number of hydrogen-bond donors (Lipinski definition) is 0. The van der Waals surface area contributed by atoms with Crippen LogP contribution < -0.4 is 24.5 Å². The van der Waals surface area contributed by atoms with Crippen molar-refractivity contribution in [2.24, 2.45) is 4.99 Å². The monoisotopic (exact) mass is 507 g/mol. The van der Waals surface area contributed by atoms with Gasteiger partial charge in [0.1, 0.15) is 11.5 Å².